The fourth-order valence-corrected chi connectivity index (χ4v) is 1.90. The monoisotopic (exact) mass is 307 g/mol. The molecular weight excluding hydrogens is 296 g/mol. The van der Waals surface area contributed by atoms with Crippen LogP contribution < -0.4 is 5.73 Å². The second-order valence-corrected chi connectivity index (χ2v) is 5.18. The van der Waals surface area contributed by atoms with Crippen molar-refractivity contribution in [3.05, 3.63) is 28.0 Å². The summed E-state index contributed by atoms with van der Waals surface area (Å²) in [6, 6.07) is 1.43. The van der Waals surface area contributed by atoms with Gasteiger partial charge in [-0.05, 0) is 19.9 Å². The summed E-state index contributed by atoms with van der Waals surface area (Å²) in [6.45, 7) is 3.60. The van der Waals surface area contributed by atoms with Crippen molar-refractivity contribution >= 4 is 46.6 Å². The Morgan fingerprint density at radius 2 is 1.83 bits per heavy atom. The number of hydrogen-bond donors (Lipinski definition) is 2. The Kier molecular flexibility index (Phi) is 4.28. The number of aromatic hydroxyl groups is 1. The van der Waals surface area contributed by atoms with E-state index < -0.39 is 5.54 Å². The first kappa shape index (κ1) is 15.2. The van der Waals surface area contributed by atoms with Gasteiger partial charge in [0, 0.05) is 0 Å². The molecule has 7 heteroatoms. The Labute approximate surface area is 121 Å². The first-order valence-electron chi connectivity index (χ1n) is 4.94. The van der Waals surface area contributed by atoms with E-state index in [0.717, 1.165) is 0 Å². The molecule has 0 aliphatic heterocycles. The third kappa shape index (κ3) is 2.62. The Morgan fingerprint density at radius 3 is 2.39 bits per heavy atom. The third-order valence-electron chi connectivity index (χ3n) is 2.36. The van der Waals surface area contributed by atoms with E-state index in [2.05, 4.69) is 9.97 Å². The van der Waals surface area contributed by atoms with E-state index in [9.17, 15) is 5.11 Å². The number of phenolic OH excluding ortho intramolecular Hbond substituents is 1. The molecule has 0 bridgehead atoms. The Bertz CT molecular complexity index is 596. The quantitative estimate of drug-likeness (QED) is 0.848. The van der Waals surface area contributed by atoms with Crippen molar-refractivity contribution in [1.29, 1.82) is 0 Å². The van der Waals surface area contributed by atoms with Crippen molar-refractivity contribution < 1.29 is 5.11 Å². The van der Waals surface area contributed by atoms with Gasteiger partial charge in [0.25, 0.3) is 0 Å². The maximum Gasteiger partial charge on any atom is 0.162 e. The van der Waals surface area contributed by atoms with Gasteiger partial charge < -0.3 is 10.8 Å². The van der Waals surface area contributed by atoms with Gasteiger partial charge in [-0.1, -0.05) is 23.2 Å². The molecule has 0 unspecified atom stereocenters. The predicted molar refractivity (Wildman–Crippen MR) is 75.7 cm³/mol. The molecule has 0 spiro atoms. The van der Waals surface area contributed by atoms with Crippen molar-refractivity contribution in [2.45, 2.75) is 19.4 Å². The third-order valence-corrected chi connectivity index (χ3v) is 2.94. The van der Waals surface area contributed by atoms with Crippen molar-refractivity contribution in [2.75, 3.05) is 0 Å². The number of nitrogens with two attached hydrogens (primary N) is 1. The second-order valence-electron chi connectivity index (χ2n) is 4.36. The topological polar surface area (TPSA) is 72.0 Å². The second kappa shape index (κ2) is 5.05. The Balaban J connectivity index is 0.00000162. The highest BCUT2D eigenvalue weighted by atomic mass is 35.5. The summed E-state index contributed by atoms with van der Waals surface area (Å²) < 4.78 is 0. The van der Waals surface area contributed by atoms with Crippen molar-refractivity contribution in [1.82, 2.24) is 9.97 Å². The summed E-state index contributed by atoms with van der Waals surface area (Å²) in [6.07, 6.45) is 1.54. The molecule has 0 fully saturated rings. The van der Waals surface area contributed by atoms with Crippen molar-refractivity contribution in [3.63, 3.8) is 0 Å². The van der Waals surface area contributed by atoms with Gasteiger partial charge in [0.1, 0.15) is 11.0 Å². The zero-order valence-electron chi connectivity index (χ0n) is 9.74. The molecule has 0 radical (unpaired) electrons. The smallest absolute Gasteiger partial charge is 0.162 e. The summed E-state index contributed by atoms with van der Waals surface area (Å²) in [5, 5.41) is 10.3. The van der Waals surface area contributed by atoms with E-state index in [4.69, 9.17) is 28.9 Å². The fourth-order valence-electron chi connectivity index (χ4n) is 1.40. The minimum atomic E-state index is -0.650. The van der Waals surface area contributed by atoms with Crippen LogP contribution in [-0.4, -0.2) is 15.1 Å². The van der Waals surface area contributed by atoms with Crippen LogP contribution in [0.1, 0.15) is 19.5 Å². The Morgan fingerprint density at radius 1 is 1.22 bits per heavy atom. The molecule has 2 aromatic rings. The molecule has 0 aliphatic rings. The van der Waals surface area contributed by atoms with Crippen molar-refractivity contribution in [2.24, 2.45) is 5.73 Å². The van der Waals surface area contributed by atoms with Crippen LogP contribution in [0.15, 0.2) is 12.3 Å². The number of phenols is 1. The lowest BCUT2D eigenvalue weighted by atomic mass is 10.0. The van der Waals surface area contributed by atoms with Gasteiger partial charge in [-0.15, -0.1) is 12.4 Å². The summed E-state index contributed by atoms with van der Waals surface area (Å²) in [5.41, 5.74) is 6.49. The molecule has 4 nitrogen and oxygen atoms in total. The lowest BCUT2D eigenvalue weighted by Gasteiger charge is -2.18. The molecule has 98 valence electrons. The Hall–Kier alpha value is -0.810. The molecule has 0 atom stereocenters. The van der Waals surface area contributed by atoms with E-state index in [1.807, 2.05) is 0 Å². The lowest BCUT2D eigenvalue weighted by molar-refractivity contribution is 0.479. The standard InChI is InChI=1S/C11H11Cl2N3O.ClH/c1-11(2,14)7-4-15-8-5(12)3-6(13)10(17)9(8)16-7;/h3-4,17H,14H2,1-2H3;1H. The van der Waals surface area contributed by atoms with Gasteiger partial charge in [-0.3, -0.25) is 4.98 Å². The van der Waals surface area contributed by atoms with Crippen LogP contribution in [0.4, 0.5) is 0 Å². The summed E-state index contributed by atoms with van der Waals surface area (Å²) in [5.74, 6) is -0.135. The number of halogens is 3. The van der Waals surface area contributed by atoms with E-state index in [1.54, 1.807) is 20.0 Å². The molecule has 0 amide bonds. The highest BCUT2D eigenvalue weighted by Crippen LogP contribution is 2.35. The number of aromatic nitrogens is 2. The number of benzene rings is 1. The molecule has 0 aliphatic carbocycles. The predicted octanol–water partition coefficient (Wildman–Crippen LogP) is 3.26. The molecule has 18 heavy (non-hydrogen) atoms. The molecular formula is C11H12Cl3N3O. The molecule has 1 aromatic carbocycles. The average Bonchev–Trinajstić information content (AvgIpc) is 2.24. The molecule has 3 N–H and O–H groups in total. The number of nitrogens with zero attached hydrogens (tertiary/aromatic N) is 2. The van der Waals surface area contributed by atoms with E-state index in [1.165, 1.54) is 6.07 Å². The van der Waals surface area contributed by atoms with Gasteiger partial charge in [0.2, 0.25) is 0 Å². The fraction of sp³-hybridized carbons (Fsp3) is 0.273. The molecule has 1 heterocycles. The van der Waals surface area contributed by atoms with Gasteiger partial charge in [0.05, 0.1) is 27.5 Å². The molecule has 2 rings (SSSR count). The minimum absolute atomic E-state index is 0. The summed E-state index contributed by atoms with van der Waals surface area (Å²) >= 11 is 11.8. The van der Waals surface area contributed by atoms with Gasteiger partial charge in [-0.25, -0.2) is 4.98 Å². The van der Waals surface area contributed by atoms with Crippen LogP contribution in [0.5, 0.6) is 5.75 Å². The number of fused-ring (bicyclic) bond motifs is 1. The average molecular weight is 309 g/mol. The molecule has 0 saturated carbocycles. The summed E-state index contributed by atoms with van der Waals surface area (Å²) in [7, 11) is 0. The minimum Gasteiger partial charge on any atom is -0.504 e. The SMILES string of the molecule is CC(C)(N)c1cnc2c(Cl)cc(Cl)c(O)c2n1.Cl. The van der Waals surface area contributed by atoms with Gasteiger partial charge in [0.15, 0.2) is 5.75 Å². The van der Waals surface area contributed by atoms with Crippen LogP contribution in [0.25, 0.3) is 11.0 Å². The highest BCUT2D eigenvalue weighted by Gasteiger charge is 2.19. The van der Waals surface area contributed by atoms with Gasteiger partial charge >= 0.3 is 0 Å². The number of hydrogen-bond acceptors (Lipinski definition) is 4. The van der Waals surface area contributed by atoms with Crippen LogP contribution in [0.2, 0.25) is 10.0 Å². The van der Waals surface area contributed by atoms with Crippen LogP contribution >= 0.6 is 35.6 Å². The summed E-state index contributed by atoms with van der Waals surface area (Å²) in [4.78, 5) is 8.42. The van der Waals surface area contributed by atoms with E-state index in [-0.39, 0.29) is 28.7 Å². The zero-order valence-corrected chi connectivity index (χ0v) is 12.1. The van der Waals surface area contributed by atoms with Crippen molar-refractivity contribution in [3.8, 4) is 5.75 Å². The molecule has 0 saturated heterocycles. The number of rotatable bonds is 1. The maximum atomic E-state index is 9.84. The highest BCUT2D eigenvalue weighted by molar-refractivity contribution is 6.39. The molecule has 1 aromatic heterocycles. The largest absolute Gasteiger partial charge is 0.504 e. The van der Waals surface area contributed by atoms with E-state index in [0.29, 0.717) is 16.2 Å². The van der Waals surface area contributed by atoms with Crippen LogP contribution in [0, 0.1) is 0 Å². The maximum absolute atomic E-state index is 9.84. The first-order valence-corrected chi connectivity index (χ1v) is 5.69. The first-order chi connectivity index (χ1) is 7.80. The van der Waals surface area contributed by atoms with E-state index >= 15 is 0 Å². The zero-order chi connectivity index (χ0) is 12.8. The van der Waals surface area contributed by atoms with Gasteiger partial charge in [-0.2, -0.15) is 0 Å². The van der Waals surface area contributed by atoms with Crippen LogP contribution in [0.3, 0.4) is 0 Å². The van der Waals surface area contributed by atoms with Crippen LogP contribution in [-0.2, 0) is 5.54 Å². The normalized spacial score (nSPS) is 11.4. The lowest BCUT2D eigenvalue weighted by Crippen LogP contribution is -2.30.